The Kier molecular flexibility index (Phi) is 5.46. The highest BCUT2D eigenvalue weighted by molar-refractivity contribution is 14.1. The first-order valence-corrected chi connectivity index (χ1v) is 8.24. The van der Waals surface area contributed by atoms with Gasteiger partial charge in [0, 0.05) is 6.42 Å². The summed E-state index contributed by atoms with van der Waals surface area (Å²) in [5.41, 5.74) is 0.0688. The Labute approximate surface area is 136 Å². The van der Waals surface area contributed by atoms with Crippen molar-refractivity contribution in [3.63, 3.8) is 0 Å². The van der Waals surface area contributed by atoms with Crippen molar-refractivity contribution in [1.29, 1.82) is 0 Å². The van der Waals surface area contributed by atoms with Crippen molar-refractivity contribution in [3.05, 3.63) is 35.9 Å². The van der Waals surface area contributed by atoms with Gasteiger partial charge < -0.3 is 10.1 Å². The molecular weight excluding hydrogens is 385 g/mol. The molecule has 0 spiro atoms. The number of nitrogens with one attached hydrogen (secondary N) is 1. The summed E-state index contributed by atoms with van der Waals surface area (Å²) in [6.07, 6.45) is 1.86. The third kappa shape index (κ3) is 3.88. The number of ketones is 1. The molecule has 0 aliphatic carbocycles. The fourth-order valence-electron chi connectivity index (χ4n) is 2.44. The van der Waals surface area contributed by atoms with Crippen molar-refractivity contribution in [2.24, 2.45) is 0 Å². The summed E-state index contributed by atoms with van der Waals surface area (Å²) in [6, 6.07) is 9.54. The zero-order chi connectivity index (χ0) is 15.3. The van der Waals surface area contributed by atoms with E-state index in [1.807, 2.05) is 30.3 Å². The quantitative estimate of drug-likeness (QED) is 0.266. The van der Waals surface area contributed by atoms with Crippen LogP contribution in [0.15, 0.2) is 30.3 Å². The standard InChI is InChI=1S/C15H16INO4/c16-10-12(18)13(19)21-14(20)15(7-4-8-17-15)9-11-5-2-1-3-6-11/h1-3,5-6,17H,4,7-10H2/t15-/m1/s1. The molecule has 21 heavy (non-hydrogen) atoms. The molecule has 6 heteroatoms. The Morgan fingerprint density at radius 1 is 1.24 bits per heavy atom. The first-order chi connectivity index (χ1) is 10.1. The van der Waals surface area contributed by atoms with Gasteiger partial charge in [0.25, 0.3) is 0 Å². The van der Waals surface area contributed by atoms with Crippen LogP contribution in [0.4, 0.5) is 0 Å². The summed E-state index contributed by atoms with van der Waals surface area (Å²) in [5.74, 6) is -2.43. The van der Waals surface area contributed by atoms with Crippen molar-refractivity contribution in [3.8, 4) is 0 Å². The zero-order valence-electron chi connectivity index (χ0n) is 11.4. The van der Waals surface area contributed by atoms with Crippen LogP contribution in [0, 0.1) is 0 Å². The van der Waals surface area contributed by atoms with Gasteiger partial charge in [0.15, 0.2) is 0 Å². The lowest BCUT2D eigenvalue weighted by Gasteiger charge is -2.26. The summed E-state index contributed by atoms with van der Waals surface area (Å²) < 4.78 is 4.77. The number of carbonyl (C=O) groups is 3. The summed E-state index contributed by atoms with van der Waals surface area (Å²) in [5, 5.41) is 3.14. The highest BCUT2D eigenvalue weighted by Crippen LogP contribution is 2.26. The second-order valence-electron chi connectivity index (χ2n) is 5.01. The summed E-state index contributed by atoms with van der Waals surface area (Å²) >= 11 is 1.77. The van der Waals surface area contributed by atoms with E-state index in [1.165, 1.54) is 0 Å². The maximum absolute atomic E-state index is 12.3. The van der Waals surface area contributed by atoms with Crippen LogP contribution in [-0.4, -0.2) is 34.2 Å². The molecule has 112 valence electrons. The van der Waals surface area contributed by atoms with Crippen molar-refractivity contribution in [2.75, 3.05) is 11.0 Å². The van der Waals surface area contributed by atoms with E-state index < -0.39 is 23.3 Å². The Balaban J connectivity index is 2.12. The highest BCUT2D eigenvalue weighted by Gasteiger charge is 2.44. The number of esters is 2. The first kappa shape index (κ1) is 16.1. The molecule has 1 aliphatic heterocycles. The molecule has 0 unspecified atom stereocenters. The van der Waals surface area contributed by atoms with Crippen LogP contribution < -0.4 is 5.32 Å². The molecule has 1 heterocycles. The van der Waals surface area contributed by atoms with Crippen LogP contribution in [0.5, 0.6) is 0 Å². The molecule has 1 aromatic carbocycles. The SMILES string of the molecule is O=C(CI)C(=O)OC(=O)[C@]1(Cc2ccccc2)CCCN1. The van der Waals surface area contributed by atoms with E-state index in [9.17, 15) is 14.4 Å². The average Bonchev–Trinajstić information content (AvgIpc) is 2.97. The number of carbonyl (C=O) groups excluding carboxylic acids is 3. The molecule has 0 saturated carbocycles. The van der Waals surface area contributed by atoms with E-state index in [4.69, 9.17) is 4.74 Å². The predicted octanol–water partition coefficient (Wildman–Crippen LogP) is 1.43. The number of ether oxygens (including phenoxy) is 1. The molecule has 1 aliphatic rings. The molecule has 0 bridgehead atoms. The van der Waals surface area contributed by atoms with Gasteiger partial charge in [0.1, 0.15) is 5.54 Å². The first-order valence-electron chi connectivity index (χ1n) is 6.72. The van der Waals surface area contributed by atoms with Crippen LogP contribution in [0.2, 0.25) is 0 Å². The number of Topliss-reactive ketones (excluding diaryl/α,β-unsaturated/α-hetero) is 1. The van der Waals surface area contributed by atoms with Gasteiger partial charge in [0.05, 0.1) is 4.43 Å². The molecule has 1 saturated heterocycles. The molecular formula is C15H16INO4. The second kappa shape index (κ2) is 7.13. The maximum atomic E-state index is 12.3. The van der Waals surface area contributed by atoms with Crippen molar-refractivity contribution in [1.82, 2.24) is 5.32 Å². The smallest absolute Gasteiger partial charge is 0.383 e. The van der Waals surface area contributed by atoms with Gasteiger partial charge in [-0.05, 0) is 24.9 Å². The Morgan fingerprint density at radius 2 is 1.95 bits per heavy atom. The lowest BCUT2D eigenvalue weighted by Crippen LogP contribution is -2.51. The maximum Gasteiger partial charge on any atom is 0.383 e. The van der Waals surface area contributed by atoms with Crippen molar-refractivity contribution in [2.45, 2.75) is 24.8 Å². The van der Waals surface area contributed by atoms with Gasteiger partial charge in [-0.3, -0.25) is 4.79 Å². The summed E-state index contributed by atoms with van der Waals surface area (Å²) in [6.45, 7) is 0.691. The number of hydrogen-bond donors (Lipinski definition) is 1. The number of benzene rings is 1. The Hall–Kier alpha value is -1.28. The largest absolute Gasteiger partial charge is 0.386 e. The average molecular weight is 401 g/mol. The van der Waals surface area contributed by atoms with Gasteiger partial charge in [-0.1, -0.05) is 52.9 Å². The van der Waals surface area contributed by atoms with E-state index in [1.54, 1.807) is 22.6 Å². The van der Waals surface area contributed by atoms with Crippen molar-refractivity contribution < 1.29 is 19.1 Å². The third-order valence-corrected chi connectivity index (χ3v) is 4.21. The summed E-state index contributed by atoms with van der Waals surface area (Å²) in [7, 11) is 0. The number of alkyl halides is 1. The molecule has 0 aromatic heterocycles. The number of rotatable bonds is 5. The van der Waals surface area contributed by atoms with Gasteiger partial charge >= 0.3 is 11.9 Å². The monoisotopic (exact) mass is 401 g/mol. The van der Waals surface area contributed by atoms with Crippen LogP contribution >= 0.6 is 22.6 Å². The lowest BCUT2D eigenvalue weighted by molar-refractivity contribution is -0.167. The van der Waals surface area contributed by atoms with Gasteiger partial charge in [0.2, 0.25) is 5.78 Å². The topological polar surface area (TPSA) is 72.5 Å². The third-order valence-electron chi connectivity index (χ3n) is 3.52. The van der Waals surface area contributed by atoms with Crippen LogP contribution in [0.1, 0.15) is 18.4 Å². The van der Waals surface area contributed by atoms with Crippen LogP contribution in [0.3, 0.4) is 0 Å². The Morgan fingerprint density at radius 3 is 2.52 bits per heavy atom. The highest BCUT2D eigenvalue weighted by atomic mass is 127. The van der Waals surface area contributed by atoms with E-state index in [0.29, 0.717) is 19.4 Å². The van der Waals surface area contributed by atoms with E-state index in [2.05, 4.69) is 5.32 Å². The van der Waals surface area contributed by atoms with E-state index in [0.717, 1.165) is 12.0 Å². The fourth-order valence-corrected chi connectivity index (χ4v) is 2.75. The zero-order valence-corrected chi connectivity index (χ0v) is 13.6. The second-order valence-corrected chi connectivity index (χ2v) is 5.77. The molecule has 0 radical (unpaired) electrons. The van der Waals surface area contributed by atoms with Crippen molar-refractivity contribution >= 4 is 40.3 Å². The van der Waals surface area contributed by atoms with Crippen LogP contribution in [-0.2, 0) is 25.5 Å². The number of halogens is 1. The minimum atomic E-state index is -1.07. The molecule has 1 aromatic rings. The molecule has 1 N–H and O–H groups in total. The number of hydrogen-bond acceptors (Lipinski definition) is 5. The minimum Gasteiger partial charge on any atom is -0.386 e. The summed E-state index contributed by atoms with van der Waals surface area (Å²) in [4.78, 5) is 35.1. The lowest BCUT2D eigenvalue weighted by atomic mass is 9.89. The molecule has 1 atom stereocenters. The normalized spacial score (nSPS) is 21.0. The predicted molar refractivity (Wildman–Crippen MR) is 85.1 cm³/mol. The molecule has 5 nitrogen and oxygen atoms in total. The van der Waals surface area contributed by atoms with E-state index in [-0.39, 0.29) is 4.43 Å². The molecule has 1 fully saturated rings. The van der Waals surface area contributed by atoms with Crippen LogP contribution in [0.25, 0.3) is 0 Å². The van der Waals surface area contributed by atoms with E-state index >= 15 is 0 Å². The molecule has 2 rings (SSSR count). The minimum absolute atomic E-state index is 0.00296. The van der Waals surface area contributed by atoms with Gasteiger partial charge in [-0.2, -0.15) is 0 Å². The van der Waals surface area contributed by atoms with Gasteiger partial charge in [-0.15, -0.1) is 0 Å². The van der Waals surface area contributed by atoms with Gasteiger partial charge in [-0.25, -0.2) is 9.59 Å². The fraction of sp³-hybridized carbons (Fsp3) is 0.400. The molecule has 0 amide bonds. The Bertz CT molecular complexity index is 538.